The number of carbonyl (C=O) groups excluding carboxylic acids is 1. The lowest BCUT2D eigenvalue weighted by atomic mass is 10.1. The maximum Gasteiger partial charge on any atom is 0.222 e. The van der Waals surface area contributed by atoms with Gasteiger partial charge in [-0.1, -0.05) is 19.8 Å². The molecule has 0 rings (SSSR count). The first-order valence-corrected chi connectivity index (χ1v) is 6.63. The molecule has 0 aromatic carbocycles. The predicted molar refractivity (Wildman–Crippen MR) is 69.3 cm³/mol. The van der Waals surface area contributed by atoms with Crippen molar-refractivity contribution in [1.82, 2.24) is 4.90 Å². The Balaban J connectivity index is 3.93. The molecule has 96 valence electrons. The molecule has 0 aromatic rings. The van der Waals surface area contributed by atoms with E-state index in [1.807, 2.05) is 4.90 Å². The van der Waals surface area contributed by atoms with Crippen LogP contribution in [0.25, 0.3) is 0 Å². The van der Waals surface area contributed by atoms with Crippen molar-refractivity contribution in [2.75, 3.05) is 13.1 Å². The molecule has 0 saturated carbocycles. The topological polar surface area (TPSA) is 46.3 Å². The monoisotopic (exact) mass is 228 g/mol. The van der Waals surface area contributed by atoms with Gasteiger partial charge in [0.05, 0.1) is 0 Å². The molecule has 3 nitrogen and oxygen atoms in total. The van der Waals surface area contributed by atoms with Crippen LogP contribution in [0.1, 0.15) is 59.3 Å². The Morgan fingerprint density at radius 1 is 1.19 bits per heavy atom. The van der Waals surface area contributed by atoms with E-state index in [9.17, 15) is 4.79 Å². The van der Waals surface area contributed by atoms with Gasteiger partial charge in [0.15, 0.2) is 0 Å². The van der Waals surface area contributed by atoms with Crippen molar-refractivity contribution < 1.29 is 4.79 Å². The Labute approximate surface area is 100 Å². The van der Waals surface area contributed by atoms with Crippen LogP contribution >= 0.6 is 0 Å². The van der Waals surface area contributed by atoms with Crippen molar-refractivity contribution in [2.45, 2.75) is 65.3 Å². The maximum atomic E-state index is 11.9. The number of hydrogen-bond donors (Lipinski definition) is 1. The van der Waals surface area contributed by atoms with Gasteiger partial charge in [-0.25, -0.2) is 0 Å². The second-order valence-corrected chi connectivity index (χ2v) is 4.63. The highest BCUT2D eigenvalue weighted by Gasteiger charge is 2.15. The van der Waals surface area contributed by atoms with Crippen LogP contribution in [0.5, 0.6) is 0 Å². The van der Waals surface area contributed by atoms with E-state index in [0.717, 1.165) is 25.8 Å². The first kappa shape index (κ1) is 15.4. The molecule has 1 amide bonds. The molecule has 0 radical (unpaired) electrons. The third-order valence-corrected chi connectivity index (χ3v) is 2.79. The molecule has 0 aromatic heterocycles. The van der Waals surface area contributed by atoms with Gasteiger partial charge in [-0.2, -0.15) is 0 Å². The van der Waals surface area contributed by atoms with E-state index in [2.05, 4.69) is 20.8 Å². The SMILES string of the molecule is CCCCCN(C(=O)CCCCN)C(C)C. The number of nitrogens with zero attached hydrogens (tertiary/aromatic N) is 1. The summed E-state index contributed by atoms with van der Waals surface area (Å²) < 4.78 is 0. The van der Waals surface area contributed by atoms with Crippen LogP contribution in [0.3, 0.4) is 0 Å². The molecule has 16 heavy (non-hydrogen) atoms. The molecular weight excluding hydrogens is 200 g/mol. The molecule has 0 aliphatic heterocycles. The molecule has 0 fully saturated rings. The molecule has 0 unspecified atom stereocenters. The Kier molecular flexibility index (Phi) is 9.30. The molecular formula is C13H28N2O. The Morgan fingerprint density at radius 3 is 2.38 bits per heavy atom. The van der Waals surface area contributed by atoms with E-state index >= 15 is 0 Å². The average molecular weight is 228 g/mol. The summed E-state index contributed by atoms with van der Waals surface area (Å²) in [4.78, 5) is 13.9. The van der Waals surface area contributed by atoms with Crippen LogP contribution < -0.4 is 5.73 Å². The van der Waals surface area contributed by atoms with E-state index < -0.39 is 0 Å². The van der Waals surface area contributed by atoms with Gasteiger partial charge in [0.2, 0.25) is 5.91 Å². The average Bonchev–Trinajstić information content (AvgIpc) is 2.24. The third kappa shape index (κ3) is 6.83. The fourth-order valence-electron chi connectivity index (χ4n) is 1.77. The summed E-state index contributed by atoms with van der Waals surface area (Å²) >= 11 is 0. The standard InChI is InChI=1S/C13H28N2O/c1-4-5-8-11-15(12(2)3)13(16)9-6-7-10-14/h12H,4-11,14H2,1-3H3. The van der Waals surface area contributed by atoms with Crippen molar-refractivity contribution in [3.05, 3.63) is 0 Å². The van der Waals surface area contributed by atoms with Crippen molar-refractivity contribution in [1.29, 1.82) is 0 Å². The zero-order chi connectivity index (χ0) is 12.4. The van der Waals surface area contributed by atoms with Gasteiger partial charge in [0, 0.05) is 19.0 Å². The molecule has 2 N–H and O–H groups in total. The Hall–Kier alpha value is -0.570. The van der Waals surface area contributed by atoms with Gasteiger partial charge < -0.3 is 10.6 Å². The molecule has 0 atom stereocenters. The van der Waals surface area contributed by atoms with E-state index in [0.29, 0.717) is 24.9 Å². The summed E-state index contributed by atoms with van der Waals surface area (Å²) in [6.07, 6.45) is 6.06. The molecule has 0 heterocycles. The summed E-state index contributed by atoms with van der Waals surface area (Å²) in [7, 11) is 0. The molecule has 0 saturated heterocycles. The zero-order valence-corrected chi connectivity index (χ0v) is 11.2. The molecule has 0 aliphatic rings. The maximum absolute atomic E-state index is 11.9. The summed E-state index contributed by atoms with van der Waals surface area (Å²) in [6.45, 7) is 7.96. The van der Waals surface area contributed by atoms with Crippen LogP contribution in [-0.4, -0.2) is 29.9 Å². The van der Waals surface area contributed by atoms with E-state index in [4.69, 9.17) is 5.73 Å². The number of hydrogen-bond acceptors (Lipinski definition) is 2. The minimum Gasteiger partial charge on any atom is -0.340 e. The number of nitrogens with two attached hydrogens (primary N) is 1. The summed E-state index contributed by atoms with van der Waals surface area (Å²) in [5.74, 6) is 0.291. The van der Waals surface area contributed by atoms with Crippen LogP contribution in [0, 0.1) is 0 Å². The van der Waals surface area contributed by atoms with Gasteiger partial charge in [-0.05, 0) is 39.7 Å². The first-order chi connectivity index (χ1) is 7.63. The summed E-state index contributed by atoms with van der Waals surface area (Å²) in [5, 5.41) is 0. The first-order valence-electron chi connectivity index (χ1n) is 6.63. The minimum absolute atomic E-state index is 0.291. The minimum atomic E-state index is 0.291. The lowest BCUT2D eigenvalue weighted by Crippen LogP contribution is -2.37. The van der Waals surface area contributed by atoms with Gasteiger partial charge in [-0.15, -0.1) is 0 Å². The van der Waals surface area contributed by atoms with Crippen LogP contribution in [0.4, 0.5) is 0 Å². The second-order valence-electron chi connectivity index (χ2n) is 4.63. The van der Waals surface area contributed by atoms with Crippen molar-refractivity contribution >= 4 is 5.91 Å². The normalized spacial score (nSPS) is 10.8. The van der Waals surface area contributed by atoms with Gasteiger partial charge in [0.1, 0.15) is 0 Å². The quantitative estimate of drug-likeness (QED) is 0.616. The van der Waals surface area contributed by atoms with Crippen LogP contribution in [0.15, 0.2) is 0 Å². The van der Waals surface area contributed by atoms with Gasteiger partial charge in [0.25, 0.3) is 0 Å². The van der Waals surface area contributed by atoms with Crippen LogP contribution in [-0.2, 0) is 4.79 Å². The van der Waals surface area contributed by atoms with Crippen LogP contribution in [0.2, 0.25) is 0 Å². The number of rotatable bonds is 9. The number of unbranched alkanes of at least 4 members (excludes halogenated alkanes) is 3. The Bertz CT molecular complexity index is 181. The van der Waals surface area contributed by atoms with Gasteiger partial charge in [-0.3, -0.25) is 4.79 Å². The zero-order valence-electron chi connectivity index (χ0n) is 11.2. The van der Waals surface area contributed by atoms with E-state index in [-0.39, 0.29) is 0 Å². The summed E-state index contributed by atoms with van der Waals surface area (Å²) in [5.41, 5.74) is 5.42. The smallest absolute Gasteiger partial charge is 0.222 e. The van der Waals surface area contributed by atoms with E-state index in [1.165, 1.54) is 12.8 Å². The lowest BCUT2D eigenvalue weighted by molar-refractivity contribution is -0.133. The number of amides is 1. The molecule has 0 bridgehead atoms. The molecule has 0 aliphatic carbocycles. The fraction of sp³-hybridized carbons (Fsp3) is 0.923. The van der Waals surface area contributed by atoms with Crippen molar-refractivity contribution in [2.24, 2.45) is 5.73 Å². The fourth-order valence-corrected chi connectivity index (χ4v) is 1.77. The molecule has 0 spiro atoms. The van der Waals surface area contributed by atoms with Crippen molar-refractivity contribution in [3.63, 3.8) is 0 Å². The lowest BCUT2D eigenvalue weighted by Gasteiger charge is -2.27. The number of carbonyl (C=O) groups is 1. The third-order valence-electron chi connectivity index (χ3n) is 2.79. The van der Waals surface area contributed by atoms with Gasteiger partial charge >= 0.3 is 0 Å². The highest BCUT2D eigenvalue weighted by Crippen LogP contribution is 2.07. The van der Waals surface area contributed by atoms with Crippen molar-refractivity contribution in [3.8, 4) is 0 Å². The highest BCUT2D eigenvalue weighted by molar-refractivity contribution is 5.76. The summed E-state index contributed by atoms with van der Waals surface area (Å²) in [6, 6.07) is 0.322. The highest BCUT2D eigenvalue weighted by atomic mass is 16.2. The Morgan fingerprint density at radius 2 is 1.88 bits per heavy atom. The predicted octanol–water partition coefficient (Wildman–Crippen LogP) is 2.54. The largest absolute Gasteiger partial charge is 0.340 e. The molecule has 3 heteroatoms. The second kappa shape index (κ2) is 9.64. The van der Waals surface area contributed by atoms with E-state index in [1.54, 1.807) is 0 Å².